The van der Waals surface area contributed by atoms with E-state index >= 15 is 4.39 Å². The molecule has 2 aromatic carbocycles. The van der Waals surface area contributed by atoms with E-state index in [0.717, 1.165) is 70.5 Å². The van der Waals surface area contributed by atoms with Gasteiger partial charge in [-0.25, -0.2) is 17.6 Å². The molecule has 2 aromatic rings. The highest BCUT2D eigenvalue weighted by Gasteiger charge is 2.40. The molecule has 0 unspecified atom stereocenters. The van der Waals surface area contributed by atoms with Crippen LogP contribution in [0.1, 0.15) is 54.7 Å². The fourth-order valence-corrected chi connectivity index (χ4v) is 9.43. The number of nitrogens with one attached hydrogen (secondary N) is 1. The van der Waals surface area contributed by atoms with E-state index in [1.165, 1.54) is 18.0 Å². The van der Waals surface area contributed by atoms with E-state index in [1.54, 1.807) is 12.1 Å². The predicted molar refractivity (Wildman–Crippen MR) is 180 cm³/mol. The van der Waals surface area contributed by atoms with Crippen LogP contribution in [0.3, 0.4) is 0 Å². The van der Waals surface area contributed by atoms with Crippen molar-refractivity contribution in [2.45, 2.75) is 60.7 Å². The van der Waals surface area contributed by atoms with Gasteiger partial charge in [-0.3, -0.25) is 4.79 Å². The van der Waals surface area contributed by atoms with Gasteiger partial charge < -0.3 is 24.8 Å². The molecule has 1 aliphatic carbocycles. The van der Waals surface area contributed by atoms with E-state index in [1.807, 2.05) is 24.3 Å². The van der Waals surface area contributed by atoms with Crippen LogP contribution in [0.15, 0.2) is 53.9 Å². The average Bonchev–Trinajstić information content (AvgIpc) is 3.48. The molecule has 3 heterocycles. The zero-order chi connectivity index (χ0) is 34.0. The molecular formula is C36H44FN5O5S. The molecule has 2 atom stereocenters. The normalized spacial score (nSPS) is 22.4. The van der Waals surface area contributed by atoms with Crippen LogP contribution in [0.5, 0.6) is 0 Å². The number of nitriles is 1. The molecule has 256 valence electrons. The van der Waals surface area contributed by atoms with Gasteiger partial charge in [0.25, 0.3) is 0 Å². The van der Waals surface area contributed by atoms with Crippen molar-refractivity contribution in [3.63, 3.8) is 0 Å². The Balaban J connectivity index is 0.968. The summed E-state index contributed by atoms with van der Waals surface area (Å²) in [4.78, 5) is 29.9. The Kier molecular flexibility index (Phi) is 10.1. The number of benzene rings is 2. The second-order valence-corrected chi connectivity index (χ2v) is 15.9. The van der Waals surface area contributed by atoms with Crippen LogP contribution in [-0.4, -0.2) is 94.4 Å². The van der Waals surface area contributed by atoms with Crippen molar-refractivity contribution in [2.75, 3.05) is 57.8 Å². The quantitative estimate of drug-likeness (QED) is 0.371. The summed E-state index contributed by atoms with van der Waals surface area (Å²) in [6.07, 6.45) is 5.29. The molecule has 4 aliphatic rings. The molecule has 3 saturated heterocycles. The first-order chi connectivity index (χ1) is 23.1. The molecule has 4 fully saturated rings. The largest absolute Gasteiger partial charge is 0.446 e. The Hall–Kier alpha value is -3.95. The summed E-state index contributed by atoms with van der Waals surface area (Å²) in [5.74, 6) is -0.0107. The van der Waals surface area contributed by atoms with Gasteiger partial charge in [0.15, 0.2) is 9.84 Å². The zero-order valence-corrected chi connectivity index (χ0v) is 28.3. The highest BCUT2D eigenvalue weighted by molar-refractivity contribution is 7.92. The number of ether oxygens (including phenoxy) is 1. The van der Waals surface area contributed by atoms with E-state index in [0.29, 0.717) is 23.5 Å². The number of nitrogens with zero attached hydrogens (tertiary/aromatic N) is 4. The van der Waals surface area contributed by atoms with Crippen molar-refractivity contribution in [2.24, 2.45) is 11.8 Å². The molecule has 1 saturated carbocycles. The summed E-state index contributed by atoms with van der Waals surface area (Å²) in [5, 5.41) is 11.8. The zero-order valence-electron chi connectivity index (χ0n) is 27.4. The number of anilines is 1. The van der Waals surface area contributed by atoms with Crippen molar-refractivity contribution in [3.8, 4) is 6.07 Å². The number of likely N-dealkylation sites (tertiary alicyclic amines) is 2. The molecular weight excluding hydrogens is 633 g/mol. The molecule has 2 amide bonds. The molecule has 0 aromatic heterocycles. The molecule has 1 N–H and O–H groups in total. The Labute approximate surface area is 282 Å². The Bertz CT molecular complexity index is 1670. The first-order valence-electron chi connectivity index (χ1n) is 16.9. The van der Waals surface area contributed by atoms with Crippen LogP contribution in [0.25, 0.3) is 0 Å². The lowest BCUT2D eigenvalue weighted by Crippen LogP contribution is -2.56. The van der Waals surface area contributed by atoms with Crippen LogP contribution in [0.2, 0.25) is 0 Å². The van der Waals surface area contributed by atoms with Crippen LogP contribution in [0, 0.1) is 29.0 Å². The number of carbonyl (C=O) groups excluding carboxylic acids is 2. The smallest absolute Gasteiger partial charge is 0.407 e. The van der Waals surface area contributed by atoms with E-state index in [-0.39, 0.29) is 47.4 Å². The number of rotatable bonds is 10. The molecule has 0 radical (unpaired) electrons. The molecule has 48 heavy (non-hydrogen) atoms. The fraction of sp³-hybridized carbons (Fsp3) is 0.528. The van der Waals surface area contributed by atoms with E-state index in [2.05, 4.69) is 27.8 Å². The van der Waals surface area contributed by atoms with Crippen molar-refractivity contribution >= 4 is 27.5 Å². The van der Waals surface area contributed by atoms with Gasteiger partial charge in [0.1, 0.15) is 23.2 Å². The Morgan fingerprint density at radius 1 is 1.06 bits per heavy atom. The van der Waals surface area contributed by atoms with Crippen LogP contribution in [-0.2, 0) is 25.8 Å². The fourth-order valence-electron chi connectivity index (χ4n) is 7.78. The molecule has 0 spiro atoms. The average molecular weight is 678 g/mol. The first kappa shape index (κ1) is 33.9. The van der Waals surface area contributed by atoms with Crippen molar-refractivity contribution < 1.29 is 27.1 Å². The third-order valence-electron chi connectivity index (χ3n) is 10.7. The summed E-state index contributed by atoms with van der Waals surface area (Å²) in [6, 6.07) is 12.9. The topological polar surface area (TPSA) is 123 Å². The molecule has 10 nitrogen and oxygen atoms in total. The predicted octanol–water partition coefficient (Wildman–Crippen LogP) is 4.25. The number of carbonyl (C=O) groups is 2. The number of alkyl carbamates (subject to hydrolysis) is 1. The second kappa shape index (κ2) is 14.3. The minimum atomic E-state index is -3.49. The Morgan fingerprint density at radius 2 is 1.77 bits per heavy atom. The maximum atomic E-state index is 15.7. The number of halogens is 1. The van der Waals surface area contributed by atoms with E-state index in [4.69, 9.17) is 4.74 Å². The van der Waals surface area contributed by atoms with Gasteiger partial charge >= 0.3 is 6.09 Å². The molecule has 12 heteroatoms. The molecule has 0 bridgehead atoms. The van der Waals surface area contributed by atoms with Gasteiger partial charge in [-0.2, -0.15) is 5.26 Å². The highest BCUT2D eigenvalue weighted by atomic mass is 32.2. The van der Waals surface area contributed by atoms with Crippen molar-refractivity contribution in [3.05, 3.63) is 71.6 Å². The van der Waals surface area contributed by atoms with Crippen molar-refractivity contribution in [1.29, 1.82) is 5.26 Å². The van der Waals surface area contributed by atoms with Gasteiger partial charge in [0.05, 0.1) is 10.5 Å². The molecule has 3 aliphatic heterocycles. The molecule has 6 rings (SSSR count). The highest BCUT2D eigenvalue weighted by Crippen LogP contribution is 2.36. The SMILES string of the molecule is C=CC(=O)N1CC(S(=O)(=O)c2ccc(N3CC(CN4CCC(c5ccc(C[C@H]6CCC[C@@H]6OC(=O)NC)c(C#N)c5F)CC4)C3)cc2)C1. The number of hydrogen-bond acceptors (Lipinski definition) is 8. The van der Waals surface area contributed by atoms with Gasteiger partial charge in [-0.15, -0.1) is 0 Å². The van der Waals surface area contributed by atoms with Crippen molar-refractivity contribution in [1.82, 2.24) is 15.1 Å². The summed E-state index contributed by atoms with van der Waals surface area (Å²) in [5.41, 5.74) is 2.43. The van der Waals surface area contributed by atoms with Crippen LogP contribution >= 0.6 is 0 Å². The second-order valence-electron chi connectivity index (χ2n) is 13.7. The number of sulfone groups is 1. The number of piperidine rings is 1. The van der Waals surface area contributed by atoms with E-state index in [9.17, 15) is 23.3 Å². The van der Waals surface area contributed by atoms with Gasteiger partial charge in [-0.05, 0) is 99.0 Å². The van der Waals surface area contributed by atoms with Gasteiger partial charge in [0, 0.05) is 57.3 Å². The first-order valence-corrected chi connectivity index (χ1v) is 18.5. The number of hydrogen-bond donors (Lipinski definition) is 1. The summed E-state index contributed by atoms with van der Waals surface area (Å²) in [7, 11) is -1.96. The summed E-state index contributed by atoms with van der Waals surface area (Å²) >= 11 is 0. The van der Waals surface area contributed by atoms with Gasteiger partial charge in [-0.1, -0.05) is 18.7 Å². The summed E-state index contributed by atoms with van der Waals surface area (Å²) < 4.78 is 47.2. The van der Waals surface area contributed by atoms with Crippen LogP contribution < -0.4 is 10.2 Å². The Morgan fingerprint density at radius 3 is 2.42 bits per heavy atom. The maximum absolute atomic E-state index is 15.7. The minimum absolute atomic E-state index is 0.0661. The van der Waals surface area contributed by atoms with Gasteiger partial charge in [0.2, 0.25) is 5.91 Å². The third-order valence-corrected chi connectivity index (χ3v) is 12.8. The maximum Gasteiger partial charge on any atom is 0.407 e. The standard InChI is InChI=1S/C36H44FN5O5S/c1-3-34(43)42-22-30(23-42)48(45,46)29-10-8-28(9-11-29)41-20-24(21-41)19-40-15-13-25(14-16-40)31-12-7-26(32(18-38)35(31)37)17-27-5-4-6-33(27)47-36(44)39-2/h3,7-12,24-25,27,30,33H,1,4-6,13-17,19-23H2,2H3,(H,39,44)/t27-,33+/m1/s1. The lowest BCUT2D eigenvalue weighted by atomic mass is 9.85. The number of amides is 2. The minimum Gasteiger partial charge on any atom is -0.446 e. The monoisotopic (exact) mass is 677 g/mol. The van der Waals surface area contributed by atoms with E-state index < -0.39 is 27.0 Å². The lowest BCUT2D eigenvalue weighted by Gasteiger charge is -2.44. The third kappa shape index (κ3) is 6.94. The lowest BCUT2D eigenvalue weighted by molar-refractivity contribution is -0.129. The summed E-state index contributed by atoms with van der Waals surface area (Å²) in [6.45, 7) is 8.33. The van der Waals surface area contributed by atoms with Crippen LogP contribution in [0.4, 0.5) is 14.9 Å².